The SMILES string of the molecule is CC(O)C(O)C(O)C(F)COc1c(O)c2c(c3cccnc13)C(=O)Cc1ccccc1C2=O. The Hall–Kier alpha value is -3.40. The van der Waals surface area contributed by atoms with E-state index in [1.165, 1.54) is 13.1 Å². The van der Waals surface area contributed by atoms with Crippen LogP contribution in [0.1, 0.15) is 38.8 Å². The molecule has 9 heteroatoms. The number of phenolic OH excluding ortho intramolecular Hbond substituents is 1. The molecule has 0 saturated carbocycles. The van der Waals surface area contributed by atoms with E-state index in [2.05, 4.69) is 4.98 Å². The summed E-state index contributed by atoms with van der Waals surface area (Å²) in [5.74, 6) is -1.96. The van der Waals surface area contributed by atoms with E-state index in [0.29, 0.717) is 5.56 Å². The van der Waals surface area contributed by atoms with Crippen molar-refractivity contribution in [3.8, 4) is 11.5 Å². The number of phenols is 1. The van der Waals surface area contributed by atoms with Crippen LogP contribution in [0.25, 0.3) is 10.9 Å². The molecule has 8 nitrogen and oxygen atoms in total. The molecule has 172 valence electrons. The Kier molecular flexibility index (Phi) is 6.11. The van der Waals surface area contributed by atoms with Crippen molar-refractivity contribution >= 4 is 22.5 Å². The fourth-order valence-electron chi connectivity index (χ4n) is 3.97. The maximum atomic E-state index is 14.5. The summed E-state index contributed by atoms with van der Waals surface area (Å²) in [6.07, 6.45) is -5.89. The number of Topliss-reactive ketones (excluding diaryl/α,β-unsaturated/α-hetero) is 1. The predicted octanol–water partition coefficient (Wildman–Crippen LogP) is 1.73. The molecule has 1 aliphatic rings. The molecule has 33 heavy (non-hydrogen) atoms. The minimum absolute atomic E-state index is 0.00510. The molecular weight excluding hydrogens is 433 g/mol. The first-order valence-electron chi connectivity index (χ1n) is 10.3. The van der Waals surface area contributed by atoms with Crippen LogP contribution in [0.4, 0.5) is 4.39 Å². The van der Waals surface area contributed by atoms with Crippen LogP contribution in [0.3, 0.4) is 0 Å². The van der Waals surface area contributed by atoms with E-state index in [4.69, 9.17) is 4.74 Å². The van der Waals surface area contributed by atoms with Crippen molar-refractivity contribution in [2.24, 2.45) is 0 Å². The van der Waals surface area contributed by atoms with Crippen molar-refractivity contribution in [2.45, 2.75) is 37.8 Å². The Bertz CT molecular complexity index is 1240. The fourth-order valence-corrected chi connectivity index (χ4v) is 3.97. The van der Waals surface area contributed by atoms with Crippen molar-refractivity contribution in [1.29, 1.82) is 0 Å². The van der Waals surface area contributed by atoms with Gasteiger partial charge in [0.1, 0.15) is 24.3 Å². The van der Waals surface area contributed by atoms with Crippen LogP contribution in [-0.2, 0) is 6.42 Å². The number of benzene rings is 2. The highest BCUT2D eigenvalue weighted by molar-refractivity contribution is 6.25. The number of ketones is 2. The number of halogens is 1. The van der Waals surface area contributed by atoms with Gasteiger partial charge >= 0.3 is 0 Å². The first kappa shape index (κ1) is 22.8. The van der Waals surface area contributed by atoms with Crippen molar-refractivity contribution in [3.63, 3.8) is 0 Å². The normalized spacial score (nSPS) is 17.0. The Morgan fingerprint density at radius 1 is 1.06 bits per heavy atom. The van der Waals surface area contributed by atoms with Crippen molar-refractivity contribution in [3.05, 3.63) is 64.8 Å². The number of carbonyl (C=O) groups excluding carboxylic acids is 2. The van der Waals surface area contributed by atoms with Gasteiger partial charge in [-0.2, -0.15) is 0 Å². The maximum absolute atomic E-state index is 14.5. The molecule has 1 heterocycles. The summed E-state index contributed by atoms with van der Waals surface area (Å²) in [6, 6.07) is 9.67. The number of rotatable bonds is 6. The summed E-state index contributed by atoms with van der Waals surface area (Å²) in [6.45, 7) is 0.374. The van der Waals surface area contributed by atoms with Crippen LogP contribution < -0.4 is 4.74 Å². The van der Waals surface area contributed by atoms with Crippen molar-refractivity contribution in [2.75, 3.05) is 6.61 Å². The van der Waals surface area contributed by atoms with E-state index in [0.717, 1.165) is 0 Å². The van der Waals surface area contributed by atoms with Crippen LogP contribution >= 0.6 is 0 Å². The molecule has 3 aromatic rings. The van der Waals surface area contributed by atoms with Gasteiger partial charge in [0.25, 0.3) is 0 Å². The van der Waals surface area contributed by atoms with Gasteiger partial charge in [0.2, 0.25) is 0 Å². The number of aliphatic hydroxyl groups excluding tert-OH is 3. The minimum atomic E-state index is -2.13. The monoisotopic (exact) mass is 455 g/mol. The summed E-state index contributed by atoms with van der Waals surface area (Å²) in [4.78, 5) is 30.6. The number of nitrogens with zero attached hydrogens (tertiary/aromatic N) is 1. The average Bonchev–Trinajstić information content (AvgIpc) is 2.92. The molecule has 0 aliphatic heterocycles. The summed E-state index contributed by atoms with van der Waals surface area (Å²) in [7, 11) is 0. The number of carbonyl (C=O) groups is 2. The number of hydrogen-bond donors (Lipinski definition) is 4. The molecule has 0 saturated heterocycles. The fraction of sp³-hybridized carbons (Fsp3) is 0.292. The standard InChI is InChI=1S/C24H22FNO7/c1-11(27)20(29)22(31)15(25)10-33-24-19-14(7-4-8-26-19)17-16(28)9-12-5-2-3-6-13(12)21(30)18(17)23(24)32/h2-8,11,15,20,22,27,29,31-32H,9-10H2,1H3. The van der Waals surface area contributed by atoms with Crippen LogP contribution in [0.15, 0.2) is 42.6 Å². The molecule has 4 N–H and O–H groups in total. The smallest absolute Gasteiger partial charge is 0.197 e. The summed E-state index contributed by atoms with van der Waals surface area (Å²) < 4.78 is 19.9. The second kappa shape index (κ2) is 8.86. The number of alkyl halides is 1. The molecule has 0 fully saturated rings. The molecule has 0 spiro atoms. The summed E-state index contributed by atoms with van der Waals surface area (Å²) in [5.41, 5.74) is 0.555. The molecular formula is C24H22FNO7. The highest BCUT2D eigenvalue weighted by Crippen LogP contribution is 2.43. The first-order valence-corrected chi connectivity index (χ1v) is 10.3. The highest BCUT2D eigenvalue weighted by Gasteiger charge is 2.35. The van der Waals surface area contributed by atoms with Gasteiger partial charge in [-0.05, 0) is 18.6 Å². The minimum Gasteiger partial charge on any atom is -0.504 e. The van der Waals surface area contributed by atoms with E-state index < -0.39 is 42.6 Å². The van der Waals surface area contributed by atoms with E-state index in [-0.39, 0.29) is 45.5 Å². The van der Waals surface area contributed by atoms with Gasteiger partial charge in [0.15, 0.2) is 29.2 Å². The van der Waals surface area contributed by atoms with Gasteiger partial charge in [-0.1, -0.05) is 30.3 Å². The predicted molar refractivity (Wildman–Crippen MR) is 115 cm³/mol. The molecule has 0 amide bonds. The third-order valence-electron chi connectivity index (χ3n) is 5.71. The zero-order valence-electron chi connectivity index (χ0n) is 17.6. The lowest BCUT2D eigenvalue weighted by molar-refractivity contribution is -0.0873. The number of hydrogen-bond acceptors (Lipinski definition) is 8. The zero-order chi connectivity index (χ0) is 23.9. The molecule has 0 radical (unpaired) electrons. The van der Waals surface area contributed by atoms with Gasteiger partial charge in [-0.25, -0.2) is 4.39 Å². The molecule has 4 rings (SSSR count). The second-order valence-corrected chi connectivity index (χ2v) is 7.96. The molecule has 4 unspecified atom stereocenters. The van der Waals surface area contributed by atoms with Gasteiger partial charge in [0.05, 0.1) is 11.7 Å². The third-order valence-corrected chi connectivity index (χ3v) is 5.71. The van der Waals surface area contributed by atoms with Gasteiger partial charge < -0.3 is 25.2 Å². The van der Waals surface area contributed by atoms with E-state index >= 15 is 0 Å². The lowest BCUT2D eigenvalue weighted by atomic mass is 9.93. The Balaban J connectivity index is 1.82. The Morgan fingerprint density at radius 2 is 1.79 bits per heavy atom. The van der Waals surface area contributed by atoms with Gasteiger partial charge in [0, 0.05) is 29.1 Å². The summed E-state index contributed by atoms with van der Waals surface area (Å²) >= 11 is 0. The number of fused-ring (bicyclic) bond motifs is 4. The van der Waals surface area contributed by atoms with Crippen LogP contribution in [-0.4, -0.2) is 68.1 Å². The average molecular weight is 455 g/mol. The quantitative estimate of drug-likeness (QED) is 0.441. The van der Waals surface area contributed by atoms with Crippen LogP contribution in [0, 0.1) is 0 Å². The van der Waals surface area contributed by atoms with Crippen molar-refractivity contribution in [1.82, 2.24) is 4.98 Å². The topological polar surface area (TPSA) is 137 Å². The molecule has 4 atom stereocenters. The number of ether oxygens (including phenoxy) is 1. The molecule has 1 aliphatic carbocycles. The summed E-state index contributed by atoms with van der Waals surface area (Å²) in [5, 5.41) is 40.2. The Morgan fingerprint density at radius 3 is 2.52 bits per heavy atom. The van der Waals surface area contributed by atoms with Crippen LogP contribution in [0.2, 0.25) is 0 Å². The second-order valence-electron chi connectivity index (χ2n) is 7.96. The number of aromatic nitrogens is 1. The van der Waals surface area contributed by atoms with Gasteiger partial charge in [-0.3, -0.25) is 14.6 Å². The first-order chi connectivity index (χ1) is 15.7. The Labute approximate surface area is 187 Å². The van der Waals surface area contributed by atoms with Crippen LogP contribution in [0.5, 0.6) is 11.5 Å². The van der Waals surface area contributed by atoms with Crippen molar-refractivity contribution < 1.29 is 39.1 Å². The lowest BCUT2D eigenvalue weighted by Crippen LogP contribution is -2.43. The lowest BCUT2D eigenvalue weighted by Gasteiger charge is -2.24. The third kappa shape index (κ3) is 3.95. The maximum Gasteiger partial charge on any atom is 0.197 e. The molecule has 1 aromatic heterocycles. The zero-order valence-corrected chi connectivity index (χ0v) is 17.6. The number of aliphatic hydroxyl groups is 3. The van der Waals surface area contributed by atoms with E-state index in [1.807, 2.05) is 0 Å². The van der Waals surface area contributed by atoms with E-state index in [1.54, 1.807) is 36.4 Å². The molecule has 0 bridgehead atoms. The number of pyridine rings is 1. The molecule has 2 aromatic carbocycles. The number of aromatic hydroxyl groups is 1. The van der Waals surface area contributed by atoms with Gasteiger partial charge in [-0.15, -0.1) is 0 Å². The van der Waals surface area contributed by atoms with E-state index in [9.17, 15) is 34.4 Å². The highest BCUT2D eigenvalue weighted by atomic mass is 19.1. The largest absolute Gasteiger partial charge is 0.504 e.